The summed E-state index contributed by atoms with van der Waals surface area (Å²) in [7, 11) is 3.17. The van der Waals surface area contributed by atoms with E-state index in [-0.39, 0.29) is 5.82 Å². The fourth-order valence-electron chi connectivity index (χ4n) is 3.43. The molecule has 9 heteroatoms. The Labute approximate surface area is 196 Å². The third-order valence-corrected chi connectivity index (χ3v) is 5.16. The summed E-state index contributed by atoms with van der Waals surface area (Å²) in [5, 5.41) is 9.60. The molecule has 4 rings (SSSR count). The van der Waals surface area contributed by atoms with Gasteiger partial charge < -0.3 is 25.4 Å². The molecule has 0 radical (unpaired) electrons. The minimum Gasteiger partial charge on any atom is -0.493 e. The van der Waals surface area contributed by atoms with Crippen LogP contribution in [-0.4, -0.2) is 36.8 Å². The highest BCUT2D eigenvalue weighted by atomic mass is 19.1. The number of carbonyl (C=O) groups is 1. The van der Waals surface area contributed by atoms with Crippen LogP contribution in [0, 0.1) is 5.82 Å². The van der Waals surface area contributed by atoms with Gasteiger partial charge in [-0.2, -0.15) is 0 Å². The summed E-state index contributed by atoms with van der Waals surface area (Å²) in [4.78, 5) is 20.8. The summed E-state index contributed by atoms with van der Waals surface area (Å²) in [6.07, 6.45) is 2.26. The van der Waals surface area contributed by atoms with Crippen LogP contribution in [0.3, 0.4) is 0 Å². The normalized spacial score (nSPS) is 10.6. The van der Waals surface area contributed by atoms with Crippen LogP contribution < -0.4 is 25.4 Å². The first-order valence-corrected chi connectivity index (χ1v) is 10.6. The zero-order valence-corrected chi connectivity index (χ0v) is 18.8. The Morgan fingerprint density at radius 2 is 1.50 bits per heavy atom. The third kappa shape index (κ3) is 5.50. The molecule has 0 bridgehead atoms. The van der Waals surface area contributed by atoms with Crippen LogP contribution in [0.1, 0.15) is 5.56 Å². The molecule has 0 saturated heterocycles. The number of rotatable bonds is 8. The number of nitrogens with zero attached hydrogens (tertiary/aromatic N) is 2. The van der Waals surface area contributed by atoms with E-state index in [9.17, 15) is 9.18 Å². The van der Waals surface area contributed by atoms with E-state index in [4.69, 9.17) is 9.47 Å². The second-order valence-corrected chi connectivity index (χ2v) is 7.41. The minimum atomic E-state index is -0.399. The molecule has 174 valence electrons. The molecule has 3 N–H and O–H groups in total. The van der Waals surface area contributed by atoms with Crippen molar-refractivity contribution in [3.05, 3.63) is 78.4 Å². The van der Waals surface area contributed by atoms with Gasteiger partial charge in [-0.15, -0.1) is 0 Å². The van der Waals surface area contributed by atoms with Gasteiger partial charge in [0.25, 0.3) is 0 Å². The Kier molecular flexibility index (Phi) is 7.02. The summed E-state index contributed by atoms with van der Waals surface area (Å²) in [6, 6.07) is 16.4. The summed E-state index contributed by atoms with van der Waals surface area (Å²) in [6.45, 7) is 0.651. The molecule has 1 heterocycles. The van der Waals surface area contributed by atoms with Crippen LogP contribution in [0.15, 0.2) is 67.0 Å². The Balaban J connectivity index is 1.33. The molecule has 2 amide bonds. The van der Waals surface area contributed by atoms with Gasteiger partial charge in [-0.1, -0.05) is 12.1 Å². The molecule has 0 spiro atoms. The molecule has 1 aromatic heterocycles. The zero-order valence-electron chi connectivity index (χ0n) is 18.8. The number of ether oxygens (including phenoxy) is 2. The fourth-order valence-corrected chi connectivity index (χ4v) is 3.43. The van der Waals surface area contributed by atoms with Crippen LogP contribution in [0.4, 0.5) is 26.4 Å². The lowest BCUT2D eigenvalue weighted by Gasteiger charge is -2.12. The standard InChI is InChI=1S/C25H24FN5O3/c1-33-22-13-20-21(14-23(22)34-2)28-15-29-24(20)27-12-11-16-3-7-18(8-4-16)30-25(32)31-19-9-5-17(26)6-10-19/h3-10,13-15H,11-12H2,1-2H3,(H,27,28,29)(H2,30,31,32). The average molecular weight is 461 g/mol. The van der Waals surface area contributed by atoms with Crippen molar-refractivity contribution in [2.75, 3.05) is 36.7 Å². The van der Waals surface area contributed by atoms with Gasteiger partial charge in [-0.3, -0.25) is 0 Å². The Morgan fingerprint density at radius 1 is 0.882 bits per heavy atom. The van der Waals surface area contributed by atoms with Crippen molar-refractivity contribution in [3.63, 3.8) is 0 Å². The molecule has 0 unspecified atom stereocenters. The van der Waals surface area contributed by atoms with Crippen LogP contribution in [0.5, 0.6) is 11.5 Å². The van der Waals surface area contributed by atoms with E-state index in [0.29, 0.717) is 35.2 Å². The van der Waals surface area contributed by atoms with Crippen molar-refractivity contribution < 1.29 is 18.7 Å². The number of aromatic nitrogens is 2. The zero-order chi connectivity index (χ0) is 23.9. The van der Waals surface area contributed by atoms with E-state index in [1.165, 1.54) is 30.6 Å². The summed E-state index contributed by atoms with van der Waals surface area (Å²) >= 11 is 0. The number of carbonyl (C=O) groups excluding carboxylic acids is 1. The number of benzene rings is 3. The SMILES string of the molecule is COc1cc2ncnc(NCCc3ccc(NC(=O)Nc4ccc(F)cc4)cc3)c2cc1OC. The lowest BCUT2D eigenvalue weighted by atomic mass is 10.1. The largest absolute Gasteiger partial charge is 0.493 e. The van der Waals surface area contributed by atoms with Gasteiger partial charge in [-0.25, -0.2) is 19.2 Å². The third-order valence-electron chi connectivity index (χ3n) is 5.16. The maximum absolute atomic E-state index is 13.0. The molecule has 8 nitrogen and oxygen atoms in total. The number of amides is 2. The van der Waals surface area contributed by atoms with Crippen LogP contribution in [0.25, 0.3) is 10.9 Å². The van der Waals surface area contributed by atoms with Gasteiger partial charge in [-0.05, 0) is 54.4 Å². The van der Waals surface area contributed by atoms with Crippen molar-refractivity contribution >= 4 is 34.1 Å². The van der Waals surface area contributed by atoms with Crippen LogP contribution >= 0.6 is 0 Å². The number of urea groups is 1. The quantitative estimate of drug-likeness (QED) is 0.338. The smallest absolute Gasteiger partial charge is 0.323 e. The minimum absolute atomic E-state index is 0.358. The molecule has 0 aliphatic heterocycles. The van der Waals surface area contributed by atoms with E-state index in [2.05, 4.69) is 25.9 Å². The summed E-state index contributed by atoms with van der Waals surface area (Å²) in [5.74, 6) is 1.57. The maximum Gasteiger partial charge on any atom is 0.323 e. The molecule has 0 fully saturated rings. The topological polar surface area (TPSA) is 97.4 Å². The molecule has 0 aliphatic rings. The van der Waals surface area contributed by atoms with Crippen molar-refractivity contribution in [2.45, 2.75) is 6.42 Å². The molecular formula is C25H24FN5O3. The van der Waals surface area contributed by atoms with Gasteiger partial charge in [0.1, 0.15) is 18.0 Å². The van der Waals surface area contributed by atoms with E-state index >= 15 is 0 Å². The highest BCUT2D eigenvalue weighted by Crippen LogP contribution is 2.33. The monoisotopic (exact) mass is 461 g/mol. The average Bonchev–Trinajstić information content (AvgIpc) is 2.85. The van der Waals surface area contributed by atoms with Crippen LogP contribution in [-0.2, 0) is 6.42 Å². The van der Waals surface area contributed by atoms with E-state index in [1.807, 2.05) is 36.4 Å². The Bertz CT molecular complexity index is 1280. The maximum atomic E-state index is 13.0. The number of anilines is 3. The fraction of sp³-hybridized carbons (Fsp3) is 0.160. The van der Waals surface area contributed by atoms with Gasteiger partial charge in [0.15, 0.2) is 11.5 Å². The first-order valence-electron chi connectivity index (χ1n) is 10.6. The van der Waals surface area contributed by atoms with E-state index < -0.39 is 6.03 Å². The molecule has 0 atom stereocenters. The molecule has 34 heavy (non-hydrogen) atoms. The second-order valence-electron chi connectivity index (χ2n) is 7.41. The molecule has 0 saturated carbocycles. The number of methoxy groups -OCH3 is 2. The van der Waals surface area contributed by atoms with Crippen molar-refractivity contribution in [3.8, 4) is 11.5 Å². The number of halogens is 1. The lowest BCUT2D eigenvalue weighted by molar-refractivity contribution is 0.262. The molecule has 0 aliphatic carbocycles. The second kappa shape index (κ2) is 10.5. The summed E-state index contributed by atoms with van der Waals surface area (Å²) in [5.41, 5.74) is 3.01. The summed E-state index contributed by atoms with van der Waals surface area (Å²) < 4.78 is 23.7. The number of nitrogens with one attached hydrogen (secondary N) is 3. The van der Waals surface area contributed by atoms with E-state index in [1.54, 1.807) is 14.2 Å². The number of hydrogen-bond acceptors (Lipinski definition) is 6. The Morgan fingerprint density at radius 3 is 2.15 bits per heavy atom. The van der Waals surface area contributed by atoms with Crippen molar-refractivity contribution in [1.82, 2.24) is 9.97 Å². The first-order chi connectivity index (χ1) is 16.6. The van der Waals surface area contributed by atoms with E-state index in [0.717, 1.165) is 22.9 Å². The lowest BCUT2D eigenvalue weighted by Crippen LogP contribution is -2.19. The van der Waals surface area contributed by atoms with Gasteiger partial charge in [0.2, 0.25) is 0 Å². The Hall–Kier alpha value is -4.40. The molecule has 3 aromatic carbocycles. The number of hydrogen-bond donors (Lipinski definition) is 3. The predicted octanol–water partition coefficient (Wildman–Crippen LogP) is 5.08. The molecule has 4 aromatic rings. The van der Waals surface area contributed by atoms with Gasteiger partial charge >= 0.3 is 6.03 Å². The number of fused-ring (bicyclic) bond motifs is 1. The highest BCUT2D eigenvalue weighted by Gasteiger charge is 2.11. The first kappa shape index (κ1) is 22.8. The van der Waals surface area contributed by atoms with Crippen molar-refractivity contribution in [1.29, 1.82) is 0 Å². The van der Waals surface area contributed by atoms with Crippen molar-refractivity contribution in [2.24, 2.45) is 0 Å². The predicted molar refractivity (Wildman–Crippen MR) is 130 cm³/mol. The van der Waals surface area contributed by atoms with Gasteiger partial charge in [0.05, 0.1) is 19.7 Å². The molecular weight excluding hydrogens is 437 g/mol. The van der Waals surface area contributed by atoms with Gasteiger partial charge in [0, 0.05) is 29.4 Å². The van der Waals surface area contributed by atoms with Crippen LogP contribution in [0.2, 0.25) is 0 Å². The highest BCUT2D eigenvalue weighted by molar-refractivity contribution is 5.99.